The molecule has 1 atom stereocenters. The van der Waals surface area contributed by atoms with Crippen molar-refractivity contribution in [3.8, 4) is 0 Å². The summed E-state index contributed by atoms with van der Waals surface area (Å²) in [6, 6.07) is 7.38. The maximum absolute atomic E-state index is 12.0. The normalized spacial score (nSPS) is 12.3. The number of aromatic nitrogens is 2. The molecular formula is C14H17N3O2. The summed E-state index contributed by atoms with van der Waals surface area (Å²) in [6.45, 7) is 2.02. The van der Waals surface area contributed by atoms with E-state index in [4.69, 9.17) is 5.11 Å². The lowest BCUT2D eigenvalue weighted by Crippen LogP contribution is -2.35. The Morgan fingerprint density at radius 3 is 2.79 bits per heavy atom. The van der Waals surface area contributed by atoms with Crippen molar-refractivity contribution in [3.63, 3.8) is 0 Å². The molecule has 0 aliphatic carbocycles. The molecule has 2 aromatic rings. The van der Waals surface area contributed by atoms with Gasteiger partial charge in [-0.2, -0.15) is 0 Å². The summed E-state index contributed by atoms with van der Waals surface area (Å²) in [4.78, 5) is 20.5. The van der Waals surface area contributed by atoms with Crippen LogP contribution in [0.1, 0.15) is 30.3 Å². The molecule has 0 fully saturated rings. The largest absolute Gasteiger partial charge is 0.396 e. The summed E-state index contributed by atoms with van der Waals surface area (Å²) in [7, 11) is 0. The Labute approximate surface area is 111 Å². The van der Waals surface area contributed by atoms with E-state index in [0.29, 0.717) is 17.6 Å². The zero-order valence-electron chi connectivity index (χ0n) is 10.8. The fourth-order valence-electron chi connectivity index (χ4n) is 1.86. The Bertz CT molecular complexity index is 571. The minimum Gasteiger partial charge on any atom is -0.396 e. The van der Waals surface area contributed by atoms with Crippen LogP contribution in [0, 0.1) is 0 Å². The standard InChI is InChI=1S/C14H17N3O2/c1-2-10(7-8-18)16-14(19)13-9-15-11-5-3-4-6-12(11)17-13/h3-6,9-10,18H,2,7-8H2,1H3,(H,16,19). The van der Waals surface area contributed by atoms with Crippen LogP contribution in [-0.4, -0.2) is 33.6 Å². The number of carbonyl (C=O) groups is 1. The van der Waals surface area contributed by atoms with Crippen molar-refractivity contribution in [2.75, 3.05) is 6.61 Å². The number of aliphatic hydroxyl groups excluding tert-OH is 1. The van der Waals surface area contributed by atoms with Gasteiger partial charge in [0, 0.05) is 12.6 Å². The third-order valence-corrected chi connectivity index (χ3v) is 2.99. The highest BCUT2D eigenvalue weighted by Crippen LogP contribution is 2.09. The van der Waals surface area contributed by atoms with Crippen molar-refractivity contribution < 1.29 is 9.90 Å². The highest BCUT2D eigenvalue weighted by atomic mass is 16.3. The Morgan fingerprint density at radius 2 is 2.11 bits per heavy atom. The average Bonchev–Trinajstić information content (AvgIpc) is 2.46. The second-order valence-corrected chi connectivity index (χ2v) is 4.33. The number of hydrogen-bond donors (Lipinski definition) is 2. The number of nitrogens with one attached hydrogen (secondary N) is 1. The van der Waals surface area contributed by atoms with Gasteiger partial charge in [-0.3, -0.25) is 9.78 Å². The van der Waals surface area contributed by atoms with Crippen LogP contribution in [0.3, 0.4) is 0 Å². The minimum absolute atomic E-state index is 0.0363. The number of hydrogen-bond acceptors (Lipinski definition) is 4. The molecule has 1 heterocycles. The van der Waals surface area contributed by atoms with Gasteiger partial charge < -0.3 is 10.4 Å². The molecule has 100 valence electrons. The summed E-state index contributed by atoms with van der Waals surface area (Å²) in [5.74, 6) is -0.251. The smallest absolute Gasteiger partial charge is 0.271 e. The monoisotopic (exact) mass is 259 g/mol. The molecule has 0 saturated heterocycles. The first-order valence-corrected chi connectivity index (χ1v) is 6.38. The first-order valence-electron chi connectivity index (χ1n) is 6.38. The number of rotatable bonds is 5. The quantitative estimate of drug-likeness (QED) is 0.853. The molecule has 2 rings (SSSR count). The molecule has 0 aliphatic rings. The fourth-order valence-corrected chi connectivity index (χ4v) is 1.86. The van der Waals surface area contributed by atoms with E-state index in [1.807, 2.05) is 31.2 Å². The zero-order valence-corrected chi connectivity index (χ0v) is 10.8. The number of para-hydroxylation sites is 2. The maximum atomic E-state index is 12.0. The van der Waals surface area contributed by atoms with Gasteiger partial charge in [0.1, 0.15) is 5.69 Å². The third kappa shape index (κ3) is 3.26. The van der Waals surface area contributed by atoms with E-state index >= 15 is 0 Å². The maximum Gasteiger partial charge on any atom is 0.271 e. The number of benzene rings is 1. The van der Waals surface area contributed by atoms with Crippen LogP contribution >= 0.6 is 0 Å². The Balaban J connectivity index is 2.16. The molecule has 1 unspecified atom stereocenters. The Hall–Kier alpha value is -2.01. The van der Waals surface area contributed by atoms with Gasteiger partial charge in [-0.1, -0.05) is 19.1 Å². The summed E-state index contributed by atoms with van der Waals surface area (Å²) < 4.78 is 0. The molecule has 1 aromatic carbocycles. The summed E-state index contributed by atoms with van der Waals surface area (Å²) in [5, 5.41) is 11.8. The first kappa shape index (κ1) is 13.4. The molecule has 5 heteroatoms. The molecule has 0 aliphatic heterocycles. The van der Waals surface area contributed by atoms with Crippen LogP contribution in [0.2, 0.25) is 0 Å². The van der Waals surface area contributed by atoms with Gasteiger partial charge in [0.25, 0.3) is 5.91 Å². The van der Waals surface area contributed by atoms with Crippen molar-refractivity contribution in [1.82, 2.24) is 15.3 Å². The van der Waals surface area contributed by atoms with Crippen LogP contribution in [-0.2, 0) is 0 Å². The summed E-state index contributed by atoms with van der Waals surface area (Å²) in [6.07, 6.45) is 2.79. The van der Waals surface area contributed by atoms with E-state index in [9.17, 15) is 4.79 Å². The lowest BCUT2D eigenvalue weighted by atomic mass is 10.1. The predicted octanol–water partition coefficient (Wildman–Crippen LogP) is 1.52. The Kier molecular flexibility index (Phi) is 4.41. The number of carbonyl (C=O) groups excluding carboxylic acids is 1. The number of nitrogens with zero attached hydrogens (tertiary/aromatic N) is 2. The summed E-state index contributed by atoms with van der Waals surface area (Å²) >= 11 is 0. The van der Waals surface area contributed by atoms with Crippen molar-refractivity contribution in [3.05, 3.63) is 36.2 Å². The molecule has 1 amide bonds. The highest BCUT2D eigenvalue weighted by molar-refractivity contribution is 5.93. The van der Waals surface area contributed by atoms with E-state index < -0.39 is 0 Å². The van der Waals surface area contributed by atoms with Gasteiger partial charge in [0.05, 0.1) is 17.2 Å². The topological polar surface area (TPSA) is 75.1 Å². The van der Waals surface area contributed by atoms with Crippen LogP contribution in [0.15, 0.2) is 30.5 Å². The zero-order chi connectivity index (χ0) is 13.7. The molecular weight excluding hydrogens is 242 g/mol. The molecule has 0 bridgehead atoms. The second kappa shape index (κ2) is 6.24. The van der Waals surface area contributed by atoms with Gasteiger partial charge in [-0.05, 0) is 25.0 Å². The van der Waals surface area contributed by atoms with E-state index in [1.165, 1.54) is 6.20 Å². The molecule has 0 saturated carbocycles. The van der Waals surface area contributed by atoms with Crippen LogP contribution in [0.4, 0.5) is 0 Å². The van der Waals surface area contributed by atoms with Crippen LogP contribution in [0.5, 0.6) is 0 Å². The molecule has 0 radical (unpaired) electrons. The van der Waals surface area contributed by atoms with Crippen LogP contribution in [0.25, 0.3) is 11.0 Å². The van der Waals surface area contributed by atoms with Gasteiger partial charge in [-0.15, -0.1) is 0 Å². The third-order valence-electron chi connectivity index (χ3n) is 2.99. The minimum atomic E-state index is -0.251. The van der Waals surface area contributed by atoms with Gasteiger partial charge in [-0.25, -0.2) is 4.98 Å². The number of aliphatic hydroxyl groups is 1. The average molecular weight is 259 g/mol. The highest BCUT2D eigenvalue weighted by Gasteiger charge is 2.13. The van der Waals surface area contributed by atoms with E-state index in [-0.39, 0.29) is 18.6 Å². The second-order valence-electron chi connectivity index (χ2n) is 4.33. The van der Waals surface area contributed by atoms with Crippen LogP contribution < -0.4 is 5.32 Å². The SMILES string of the molecule is CCC(CCO)NC(=O)c1cnc2ccccc2n1. The van der Waals surface area contributed by atoms with E-state index in [2.05, 4.69) is 15.3 Å². The molecule has 2 N–H and O–H groups in total. The van der Waals surface area contributed by atoms with E-state index in [0.717, 1.165) is 11.9 Å². The van der Waals surface area contributed by atoms with Gasteiger partial charge >= 0.3 is 0 Å². The number of amides is 1. The fraction of sp³-hybridized carbons (Fsp3) is 0.357. The van der Waals surface area contributed by atoms with Gasteiger partial charge in [0.2, 0.25) is 0 Å². The van der Waals surface area contributed by atoms with Crippen molar-refractivity contribution >= 4 is 16.9 Å². The van der Waals surface area contributed by atoms with Crippen molar-refractivity contribution in [2.24, 2.45) is 0 Å². The van der Waals surface area contributed by atoms with Gasteiger partial charge in [0.15, 0.2) is 0 Å². The lowest BCUT2D eigenvalue weighted by molar-refractivity contribution is 0.0924. The van der Waals surface area contributed by atoms with E-state index in [1.54, 1.807) is 0 Å². The molecule has 0 spiro atoms. The first-order chi connectivity index (χ1) is 9.24. The van der Waals surface area contributed by atoms with Crippen molar-refractivity contribution in [2.45, 2.75) is 25.8 Å². The molecule has 19 heavy (non-hydrogen) atoms. The summed E-state index contributed by atoms with van der Waals surface area (Å²) in [5.41, 5.74) is 1.77. The number of fused-ring (bicyclic) bond motifs is 1. The lowest BCUT2D eigenvalue weighted by Gasteiger charge is -2.15. The van der Waals surface area contributed by atoms with Crippen molar-refractivity contribution in [1.29, 1.82) is 0 Å². The molecule has 5 nitrogen and oxygen atoms in total. The molecule has 1 aromatic heterocycles. The predicted molar refractivity (Wildman–Crippen MR) is 72.8 cm³/mol. The Morgan fingerprint density at radius 1 is 1.37 bits per heavy atom.